The minimum atomic E-state index is -0.793. The van der Waals surface area contributed by atoms with Crippen molar-refractivity contribution in [2.75, 3.05) is 0 Å². The lowest BCUT2D eigenvalue weighted by molar-refractivity contribution is 0.436. The fourth-order valence-electron chi connectivity index (χ4n) is 9.46. The molecule has 1 atom stereocenters. The highest BCUT2D eigenvalue weighted by atomic mass is 16.5. The van der Waals surface area contributed by atoms with Gasteiger partial charge in [0.15, 0.2) is 11.4 Å². The van der Waals surface area contributed by atoms with E-state index < -0.39 is 5.41 Å². The van der Waals surface area contributed by atoms with Gasteiger partial charge in [-0.15, -0.1) is 0 Å². The molecule has 0 N–H and O–H groups in total. The Labute approximate surface area is 320 Å². The molecule has 7 heteroatoms. The molecular formula is C49H26N6O. The Kier molecular flexibility index (Phi) is 5.99. The number of ether oxygens (including phenoxy) is 1. The molecule has 0 amide bonds. The fourth-order valence-corrected chi connectivity index (χ4v) is 9.46. The zero-order valence-electron chi connectivity index (χ0n) is 29.6. The number of hydrogen-bond donors (Lipinski definition) is 0. The number of aromatic nitrogens is 4. The van der Waals surface area contributed by atoms with Crippen LogP contribution >= 0.6 is 0 Å². The number of hydrogen-bond acceptors (Lipinski definition) is 3. The van der Waals surface area contributed by atoms with Crippen LogP contribution in [-0.4, -0.2) is 19.1 Å². The summed E-state index contributed by atoms with van der Waals surface area (Å²) in [5.41, 5.74) is 12.1. The standard InChI is InChI=1S/C49H26N6O/c1-50-29-17-21-43-35(24-29)36-25-30(51-2)18-22-44(36)55(43)32-26-40-48(53-28-32)47-39(13-9-23-52-47)49(40)37-12-5-8-16-45(37)56-46-27-31(19-20-38(46)49)54-41-14-6-3-10-33(41)34-11-4-7-15-42(34)54/h3-28H. The van der Waals surface area contributed by atoms with Gasteiger partial charge in [0, 0.05) is 45.4 Å². The second kappa shape index (κ2) is 11.0. The SMILES string of the molecule is [C-]#[N+]c1ccc2c(c1)c1cc([N+]#[C-])ccc1n2-c1cnc2c(c1)C1(c3ccccc3Oc3cc(-n4c5ccccc5c5ccccc54)ccc31)c1cccnc1-2. The Bertz CT molecular complexity index is 3330. The quantitative estimate of drug-likeness (QED) is 0.168. The van der Waals surface area contributed by atoms with E-state index in [4.69, 9.17) is 27.8 Å². The summed E-state index contributed by atoms with van der Waals surface area (Å²) in [6.45, 7) is 15.4. The summed E-state index contributed by atoms with van der Waals surface area (Å²) in [6, 6.07) is 49.9. The second-order valence-electron chi connectivity index (χ2n) is 14.3. The molecule has 0 saturated heterocycles. The zero-order valence-corrected chi connectivity index (χ0v) is 29.6. The predicted octanol–water partition coefficient (Wildman–Crippen LogP) is 12.2. The number of nitrogens with zero attached hydrogens (tertiary/aromatic N) is 6. The van der Waals surface area contributed by atoms with E-state index in [2.05, 4.69) is 116 Å². The van der Waals surface area contributed by atoms with Crippen molar-refractivity contribution in [1.82, 2.24) is 19.1 Å². The molecule has 2 aliphatic rings. The molecule has 1 spiro atoms. The van der Waals surface area contributed by atoms with Gasteiger partial charge in [0.05, 0.1) is 63.9 Å². The highest BCUT2D eigenvalue weighted by Crippen LogP contribution is 2.61. The first-order chi connectivity index (χ1) is 27.7. The predicted molar refractivity (Wildman–Crippen MR) is 221 cm³/mol. The van der Waals surface area contributed by atoms with Gasteiger partial charge in [-0.25, -0.2) is 9.69 Å². The molecule has 0 radical (unpaired) electrons. The Hall–Kier alpha value is -8.00. The average molecular weight is 715 g/mol. The first-order valence-electron chi connectivity index (χ1n) is 18.4. The third-order valence-corrected chi connectivity index (χ3v) is 11.7. The van der Waals surface area contributed by atoms with E-state index in [-0.39, 0.29) is 0 Å². The van der Waals surface area contributed by atoms with Gasteiger partial charge in [0.25, 0.3) is 0 Å². The fraction of sp³-hybridized carbons (Fsp3) is 0.0204. The first kappa shape index (κ1) is 30.5. The maximum atomic E-state index is 7.72. The molecule has 0 saturated carbocycles. The van der Waals surface area contributed by atoms with Crippen LogP contribution in [0, 0.1) is 13.1 Å². The van der Waals surface area contributed by atoms with E-state index in [1.54, 1.807) is 0 Å². The van der Waals surface area contributed by atoms with E-state index in [0.29, 0.717) is 11.4 Å². The van der Waals surface area contributed by atoms with Crippen molar-refractivity contribution in [2.24, 2.45) is 0 Å². The molecule has 0 fully saturated rings. The number of para-hydroxylation sites is 3. The summed E-state index contributed by atoms with van der Waals surface area (Å²) < 4.78 is 11.4. The zero-order chi connectivity index (χ0) is 37.1. The summed E-state index contributed by atoms with van der Waals surface area (Å²) in [7, 11) is 0. The van der Waals surface area contributed by atoms with Crippen LogP contribution in [0.15, 0.2) is 158 Å². The molecule has 1 aliphatic heterocycles. The lowest BCUT2D eigenvalue weighted by Crippen LogP contribution is -2.32. The van der Waals surface area contributed by atoms with E-state index in [1.165, 1.54) is 10.8 Å². The van der Waals surface area contributed by atoms with Gasteiger partial charge in [0.1, 0.15) is 11.5 Å². The number of fused-ring (bicyclic) bond motifs is 15. The summed E-state index contributed by atoms with van der Waals surface area (Å²) in [5, 5.41) is 4.23. The van der Waals surface area contributed by atoms with Crippen LogP contribution in [0.3, 0.4) is 0 Å². The normalized spacial score (nSPS) is 15.0. The van der Waals surface area contributed by atoms with Crippen LogP contribution in [-0.2, 0) is 5.41 Å². The van der Waals surface area contributed by atoms with Crippen molar-refractivity contribution in [3.05, 3.63) is 203 Å². The van der Waals surface area contributed by atoms with Crippen LogP contribution in [0.4, 0.5) is 11.4 Å². The van der Waals surface area contributed by atoms with Crippen LogP contribution in [0.5, 0.6) is 11.5 Å². The van der Waals surface area contributed by atoms with Crippen molar-refractivity contribution in [2.45, 2.75) is 5.41 Å². The summed E-state index contributed by atoms with van der Waals surface area (Å²) in [6.07, 6.45) is 3.75. The van der Waals surface area contributed by atoms with Gasteiger partial charge in [-0.05, 0) is 77.0 Å². The van der Waals surface area contributed by atoms with Crippen molar-refractivity contribution in [1.29, 1.82) is 0 Å². The minimum absolute atomic E-state index is 0.549. The van der Waals surface area contributed by atoms with E-state index in [1.807, 2.05) is 60.9 Å². The van der Waals surface area contributed by atoms with Crippen LogP contribution in [0.25, 0.3) is 76.1 Å². The molecule has 4 aromatic heterocycles. The molecule has 56 heavy (non-hydrogen) atoms. The molecule has 10 aromatic rings. The van der Waals surface area contributed by atoms with Crippen molar-refractivity contribution in [3.8, 4) is 34.3 Å². The van der Waals surface area contributed by atoms with Gasteiger partial charge in [-0.3, -0.25) is 9.97 Å². The maximum absolute atomic E-state index is 7.72. The summed E-state index contributed by atoms with van der Waals surface area (Å²) in [4.78, 5) is 17.7. The topological polar surface area (TPSA) is 53.6 Å². The van der Waals surface area contributed by atoms with Gasteiger partial charge >= 0.3 is 0 Å². The molecule has 258 valence electrons. The van der Waals surface area contributed by atoms with Crippen molar-refractivity contribution in [3.63, 3.8) is 0 Å². The lowest BCUT2D eigenvalue weighted by atomic mass is 9.66. The van der Waals surface area contributed by atoms with Gasteiger partial charge in [-0.2, -0.15) is 0 Å². The van der Waals surface area contributed by atoms with E-state index >= 15 is 0 Å². The number of pyridine rings is 2. The maximum Gasteiger partial charge on any atom is 0.188 e. The van der Waals surface area contributed by atoms with Crippen LogP contribution in [0.2, 0.25) is 0 Å². The molecule has 12 rings (SSSR count). The van der Waals surface area contributed by atoms with Crippen molar-refractivity contribution >= 4 is 55.0 Å². The lowest BCUT2D eigenvalue weighted by Gasteiger charge is -2.39. The van der Waals surface area contributed by atoms with Gasteiger partial charge in [-0.1, -0.05) is 78.9 Å². The highest BCUT2D eigenvalue weighted by Gasteiger charge is 2.52. The monoisotopic (exact) mass is 714 g/mol. The smallest absolute Gasteiger partial charge is 0.188 e. The van der Waals surface area contributed by atoms with E-state index in [0.717, 1.165) is 89.4 Å². The van der Waals surface area contributed by atoms with Crippen molar-refractivity contribution < 1.29 is 4.74 Å². The Morgan fingerprint density at radius 2 is 1.05 bits per heavy atom. The van der Waals surface area contributed by atoms with Gasteiger partial charge in [0.2, 0.25) is 0 Å². The first-order valence-corrected chi connectivity index (χ1v) is 18.4. The van der Waals surface area contributed by atoms with Gasteiger partial charge < -0.3 is 13.9 Å². The Morgan fingerprint density at radius 3 is 1.77 bits per heavy atom. The molecule has 6 aromatic carbocycles. The molecule has 7 nitrogen and oxygen atoms in total. The van der Waals surface area contributed by atoms with E-state index in [9.17, 15) is 0 Å². The average Bonchev–Trinajstić information content (AvgIpc) is 3.87. The highest BCUT2D eigenvalue weighted by molar-refractivity contribution is 6.12. The minimum Gasteiger partial charge on any atom is -0.457 e. The van der Waals surface area contributed by atoms with Crippen LogP contribution < -0.4 is 4.74 Å². The number of benzene rings is 6. The molecule has 0 bridgehead atoms. The largest absolute Gasteiger partial charge is 0.457 e. The Balaban J connectivity index is 1.15. The molecular weight excluding hydrogens is 689 g/mol. The second-order valence-corrected chi connectivity index (χ2v) is 14.3. The number of rotatable bonds is 2. The third kappa shape index (κ3) is 3.83. The molecule has 1 unspecified atom stereocenters. The third-order valence-electron chi connectivity index (χ3n) is 11.7. The summed E-state index contributed by atoms with van der Waals surface area (Å²) in [5.74, 6) is 1.55. The van der Waals surface area contributed by atoms with Crippen LogP contribution in [0.1, 0.15) is 22.3 Å². The molecule has 1 aliphatic carbocycles. The Morgan fingerprint density at radius 1 is 0.464 bits per heavy atom. The molecule has 5 heterocycles. The summed E-state index contributed by atoms with van der Waals surface area (Å²) >= 11 is 0.